The summed E-state index contributed by atoms with van der Waals surface area (Å²) in [5.41, 5.74) is 2.65. The van der Waals surface area contributed by atoms with Crippen molar-refractivity contribution < 1.29 is 19.4 Å². The van der Waals surface area contributed by atoms with E-state index in [1.54, 1.807) is 0 Å². The van der Waals surface area contributed by atoms with Crippen LogP contribution in [0.3, 0.4) is 0 Å². The van der Waals surface area contributed by atoms with Crippen LogP contribution in [0.15, 0.2) is 60.7 Å². The third kappa shape index (κ3) is 3.52. The van der Waals surface area contributed by atoms with Crippen LogP contribution in [-0.2, 0) is 16.2 Å². The summed E-state index contributed by atoms with van der Waals surface area (Å²) < 4.78 is 5.82. The molecule has 0 spiro atoms. The molecule has 4 rings (SSSR count). The number of amides is 1. The Bertz CT molecular complexity index is 921. The van der Waals surface area contributed by atoms with Crippen LogP contribution >= 0.6 is 0 Å². The number of nitrogens with one attached hydrogen (secondary N) is 1. The predicted molar refractivity (Wildman–Crippen MR) is 106 cm³/mol. The van der Waals surface area contributed by atoms with Gasteiger partial charge < -0.3 is 15.2 Å². The minimum Gasteiger partial charge on any atom is -0.489 e. The summed E-state index contributed by atoms with van der Waals surface area (Å²) in [5.74, 6) is -1.55. The lowest BCUT2D eigenvalue weighted by atomic mass is 9.82. The summed E-state index contributed by atoms with van der Waals surface area (Å²) in [4.78, 5) is 24.5. The zero-order valence-corrected chi connectivity index (χ0v) is 15.7. The highest BCUT2D eigenvalue weighted by atomic mass is 16.5. The quantitative estimate of drug-likeness (QED) is 0.745. The van der Waals surface area contributed by atoms with E-state index in [0.717, 1.165) is 23.3 Å². The Morgan fingerprint density at radius 2 is 1.79 bits per heavy atom. The van der Waals surface area contributed by atoms with Gasteiger partial charge in [-0.25, -0.2) is 0 Å². The van der Waals surface area contributed by atoms with Gasteiger partial charge in [-0.15, -0.1) is 0 Å². The van der Waals surface area contributed by atoms with Gasteiger partial charge in [0, 0.05) is 5.69 Å². The fourth-order valence-corrected chi connectivity index (χ4v) is 4.34. The van der Waals surface area contributed by atoms with Crippen molar-refractivity contribution in [3.8, 4) is 5.75 Å². The first-order valence-electron chi connectivity index (χ1n) is 9.52. The van der Waals surface area contributed by atoms with Crippen molar-refractivity contribution in [1.82, 2.24) is 0 Å². The summed E-state index contributed by atoms with van der Waals surface area (Å²) in [6.45, 7) is 2.38. The lowest BCUT2D eigenvalue weighted by molar-refractivity contribution is -0.146. The molecule has 0 radical (unpaired) electrons. The molecule has 2 aromatic carbocycles. The number of hydrogen-bond donors (Lipinski definition) is 2. The number of anilines is 1. The molecule has 28 heavy (non-hydrogen) atoms. The first-order valence-corrected chi connectivity index (χ1v) is 9.52. The molecule has 4 atom stereocenters. The predicted octanol–water partition coefficient (Wildman–Crippen LogP) is 4.04. The smallest absolute Gasteiger partial charge is 0.307 e. The van der Waals surface area contributed by atoms with E-state index >= 15 is 0 Å². The van der Waals surface area contributed by atoms with Crippen molar-refractivity contribution in [2.24, 2.45) is 23.7 Å². The molecule has 0 saturated heterocycles. The number of fused-ring (bicyclic) bond motifs is 2. The molecule has 1 fully saturated rings. The van der Waals surface area contributed by atoms with E-state index in [4.69, 9.17) is 4.74 Å². The van der Waals surface area contributed by atoms with Crippen LogP contribution in [-0.4, -0.2) is 17.0 Å². The van der Waals surface area contributed by atoms with Gasteiger partial charge in [0.2, 0.25) is 5.91 Å². The van der Waals surface area contributed by atoms with Gasteiger partial charge in [0.15, 0.2) is 0 Å². The van der Waals surface area contributed by atoms with E-state index in [1.807, 2.05) is 67.6 Å². The fourth-order valence-electron chi connectivity index (χ4n) is 4.34. The zero-order valence-electron chi connectivity index (χ0n) is 15.7. The maximum absolute atomic E-state index is 12.8. The fraction of sp³-hybridized carbons (Fsp3) is 0.304. The number of carboxylic acids is 1. The topological polar surface area (TPSA) is 75.6 Å². The van der Waals surface area contributed by atoms with E-state index in [-0.39, 0.29) is 17.7 Å². The Labute approximate surface area is 164 Å². The van der Waals surface area contributed by atoms with E-state index < -0.39 is 17.8 Å². The van der Waals surface area contributed by atoms with E-state index in [1.165, 1.54) is 0 Å². The molecule has 2 aliphatic rings. The van der Waals surface area contributed by atoms with Crippen LogP contribution in [0.2, 0.25) is 0 Å². The lowest BCUT2D eigenvalue weighted by Crippen LogP contribution is -2.36. The van der Waals surface area contributed by atoms with Crippen molar-refractivity contribution in [2.45, 2.75) is 20.0 Å². The van der Waals surface area contributed by atoms with Gasteiger partial charge >= 0.3 is 5.97 Å². The van der Waals surface area contributed by atoms with E-state index in [2.05, 4.69) is 5.32 Å². The number of carbonyl (C=O) groups excluding carboxylic acids is 1. The van der Waals surface area contributed by atoms with Crippen molar-refractivity contribution in [3.05, 3.63) is 71.8 Å². The molecule has 5 nitrogen and oxygen atoms in total. The van der Waals surface area contributed by atoms with Gasteiger partial charge in [0.1, 0.15) is 12.4 Å². The third-order valence-corrected chi connectivity index (χ3v) is 5.75. The normalized spacial score (nSPS) is 24.9. The average Bonchev–Trinajstić information content (AvgIpc) is 3.30. The van der Waals surface area contributed by atoms with E-state index in [9.17, 15) is 14.7 Å². The number of aliphatic carboxylic acids is 1. The largest absolute Gasteiger partial charge is 0.489 e. The first kappa shape index (κ1) is 18.3. The van der Waals surface area contributed by atoms with Crippen LogP contribution in [0, 0.1) is 30.6 Å². The SMILES string of the molecule is Cc1cc(OCc2ccccc2)ccc1NC(=O)C1C2C=CC(C2)C1C(=O)O. The molecule has 2 aromatic rings. The van der Waals surface area contributed by atoms with Crippen molar-refractivity contribution in [1.29, 1.82) is 0 Å². The Morgan fingerprint density at radius 1 is 1.07 bits per heavy atom. The highest BCUT2D eigenvalue weighted by Crippen LogP contribution is 2.48. The van der Waals surface area contributed by atoms with Gasteiger partial charge in [-0.1, -0.05) is 42.5 Å². The average molecular weight is 377 g/mol. The second kappa shape index (κ2) is 7.50. The van der Waals surface area contributed by atoms with Crippen molar-refractivity contribution in [3.63, 3.8) is 0 Å². The molecule has 0 aromatic heterocycles. The number of benzene rings is 2. The molecule has 4 unspecified atom stereocenters. The third-order valence-electron chi connectivity index (χ3n) is 5.75. The van der Waals surface area contributed by atoms with Gasteiger partial charge in [-0.3, -0.25) is 9.59 Å². The summed E-state index contributed by atoms with van der Waals surface area (Å²) in [5, 5.41) is 12.5. The number of aryl methyl sites for hydroxylation is 1. The summed E-state index contributed by atoms with van der Waals surface area (Å²) in [7, 11) is 0. The van der Waals surface area contributed by atoms with Crippen LogP contribution in [0.1, 0.15) is 17.5 Å². The second-order valence-corrected chi connectivity index (χ2v) is 7.58. The Morgan fingerprint density at radius 3 is 2.46 bits per heavy atom. The van der Waals surface area contributed by atoms with Crippen LogP contribution in [0.25, 0.3) is 0 Å². The molecule has 1 saturated carbocycles. The van der Waals surface area contributed by atoms with Crippen LogP contribution in [0.5, 0.6) is 5.75 Å². The number of rotatable bonds is 6. The molecular weight excluding hydrogens is 354 g/mol. The lowest BCUT2D eigenvalue weighted by Gasteiger charge is -2.24. The van der Waals surface area contributed by atoms with Gasteiger partial charge in [-0.2, -0.15) is 0 Å². The zero-order chi connectivity index (χ0) is 19.7. The van der Waals surface area contributed by atoms with Gasteiger partial charge in [0.05, 0.1) is 11.8 Å². The van der Waals surface area contributed by atoms with Crippen LogP contribution < -0.4 is 10.1 Å². The monoisotopic (exact) mass is 377 g/mol. The summed E-state index contributed by atoms with van der Waals surface area (Å²) in [6.07, 6.45) is 4.68. The number of carboxylic acid groups (broad SMARTS) is 1. The number of hydrogen-bond acceptors (Lipinski definition) is 3. The van der Waals surface area contributed by atoms with E-state index in [0.29, 0.717) is 12.3 Å². The molecular formula is C23H23NO4. The molecule has 5 heteroatoms. The maximum Gasteiger partial charge on any atom is 0.307 e. The van der Waals surface area contributed by atoms with Gasteiger partial charge in [-0.05, 0) is 54.5 Å². The minimum atomic E-state index is -0.890. The highest BCUT2D eigenvalue weighted by Gasteiger charge is 2.51. The Hall–Kier alpha value is -3.08. The number of carbonyl (C=O) groups is 2. The maximum atomic E-state index is 12.8. The molecule has 144 valence electrons. The van der Waals surface area contributed by atoms with Crippen LogP contribution in [0.4, 0.5) is 5.69 Å². The molecule has 2 bridgehead atoms. The minimum absolute atomic E-state index is 0.0138. The molecule has 0 heterocycles. The molecule has 0 aliphatic heterocycles. The Kier molecular flexibility index (Phi) is 4.90. The Balaban J connectivity index is 1.43. The summed E-state index contributed by atoms with van der Waals surface area (Å²) in [6, 6.07) is 15.4. The number of ether oxygens (including phenoxy) is 1. The van der Waals surface area contributed by atoms with Crippen molar-refractivity contribution in [2.75, 3.05) is 5.32 Å². The summed E-state index contributed by atoms with van der Waals surface area (Å²) >= 11 is 0. The first-order chi connectivity index (χ1) is 13.5. The van der Waals surface area contributed by atoms with Crippen molar-refractivity contribution >= 4 is 17.6 Å². The molecule has 2 N–H and O–H groups in total. The molecule has 2 aliphatic carbocycles. The number of allylic oxidation sites excluding steroid dienone is 2. The molecule has 1 amide bonds. The second-order valence-electron chi connectivity index (χ2n) is 7.58. The highest BCUT2D eigenvalue weighted by molar-refractivity contribution is 5.97. The van der Waals surface area contributed by atoms with Gasteiger partial charge in [0.25, 0.3) is 0 Å². The standard InChI is InChI=1S/C23H23NO4/c1-14-11-18(28-13-15-5-3-2-4-6-15)9-10-19(14)24-22(25)20-16-7-8-17(12-16)21(20)23(26)27/h2-11,16-17,20-21H,12-13H2,1H3,(H,24,25)(H,26,27).